The van der Waals surface area contributed by atoms with E-state index < -0.39 is 17.9 Å². The lowest BCUT2D eigenvalue weighted by Gasteiger charge is -2.17. The molecule has 106 valence electrons. The Hall–Kier alpha value is -1.70. The van der Waals surface area contributed by atoms with Crippen LogP contribution < -0.4 is 10.1 Å². The highest BCUT2D eigenvalue weighted by Crippen LogP contribution is 2.15. The van der Waals surface area contributed by atoms with Crippen LogP contribution in [0.4, 0.5) is 0 Å². The summed E-state index contributed by atoms with van der Waals surface area (Å²) in [5.41, 5.74) is 1.94. The number of ketones is 1. The Morgan fingerprint density at radius 2 is 2.20 bits per heavy atom. The SMILES string of the molecule is [B]c1scnc1C(CC(=O)OCC)NC(=O)CC(C)=O. The summed E-state index contributed by atoms with van der Waals surface area (Å²) >= 11 is 1.21. The van der Waals surface area contributed by atoms with E-state index in [4.69, 9.17) is 12.6 Å². The van der Waals surface area contributed by atoms with Gasteiger partial charge < -0.3 is 10.1 Å². The second kappa shape index (κ2) is 7.79. The normalized spacial score (nSPS) is 11.7. The van der Waals surface area contributed by atoms with E-state index in [1.807, 2.05) is 0 Å². The maximum absolute atomic E-state index is 11.7. The topological polar surface area (TPSA) is 85.4 Å². The molecule has 1 amide bonds. The number of hydrogen-bond acceptors (Lipinski definition) is 6. The molecule has 0 spiro atoms. The molecule has 0 saturated heterocycles. The Kier molecular flexibility index (Phi) is 6.37. The number of thiazole rings is 1. The first-order valence-electron chi connectivity index (χ1n) is 6.07. The molecule has 6 nitrogen and oxygen atoms in total. The van der Waals surface area contributed by atoms with Crippen molar-refractivity contribution in [1.82, 2.24) is 10.3 Å². The Bertz CT molecular complexity index is 503. The molecule has 1 aromatic heterocycles. The van der Waals surface area contributed by atoms with Crippen molar-refractivity contribution in [2.75, 3.05) is 6.61 Å². The lowest BCUT2D eigenvalue weighted by atomic mass is 9.99. The maximum atomic E-state index is 11.7. The summed E-state index contributed by atoms with van der Waals surface area (Å²) in [6.45, 7) is 3.26. The van der Waals surface area contributed by atoms with Crippen molar-refractivity contribution in [2.24, 2.45) is 0 Å². The number of nitrogens with zero attached hydrogens (tertiary/aromatic N) is 1. The largest absolute Gasteiger partial charge is 0.466 e. The quantitative estimate of drug-likeness (QED) is 0.435. The molecule has 0 aliphatic carbocycles. The van der Waals surface area contributed by atoms with E-state index in [-0.39, 0.29) is 25.2 Å². The van der Waals surface area contributed by atoms with Crippen LogP contribution in [-0.2, 0) is 19.1 Å². The van der Waals surface area contributed by atoms with E-state index in [1.54, 1.807) is 6.92 Å². The minimum Gasteiger partial charge on any atom is -0.466 e. The van der Waals surface area contributed by atoms with E-state index in [9.17, 15) is 14.4 Å². The summed E-state index contributed by atoms with van der Waals surface area (Å²) < 4.78 is 5.27. The molecule has 0 fully saturated rings. The Morgan fingerprint density at radius 1 is 1.50 bits per heavy atom. The highest BCUT2D eigenvalue weighted by Gasteiger charge is 2.22. The molecule has 1 rings (SSSR count). The van der Waals surface area contributed by atoms with E-state index in [0.29, 0.717) is 10.5 Å². The molecule has 0 saturated carbocycles. The van der Waals surface area contributed by atoms with Gasteiger partial charge in [0.05, 0.1) is 36.7 Å². The molecule has 0 aliphatic rings. The van der Waals surface area contributed by atoms with Gasteiger partial charge in [0.1, 0.15) is 13.6 Å². The molecule has 1 unspecified atom stereocenters. The summed E-state index contributed by atoms with van der Waals surface area (Å²) in [7, 11) is 5.75. The number of carbonyl (C=O) groups is 3. The highest BCUT2D eigenvalue weighted by atomic mass is 32.1. The van der Waals surface area contributed by atoms with Crippen LogP contribution in [0.1, 0.15) is 38.4 Å². The fourth-order valence-corrected chi connectivity index (χ4v) is 2.20. The van der Waals surface area contributed by atoms with Crippen LogP contribution in [0.3, 0.4) is 0 Å². The zero-order chi connectivity index (χ0) is 15.1. The maximum Gasteiger partial charge on any atom is 0.308 e. The standard InChI is InChI=1S/C12H15BN2O4S/c1-3-19-10(18)5-8(11-12(13)20-6-14-11)15-9(17)4-7(2)16/h6,8H,3-5H2,1-2H3,(H,15,17). The van der Waals surface area contributed by atoms with Crippen LogP contribution in [0.2, 0.25) is 0 Å². The summed E-state index contributed by atoms with van der Waals surface area (Å²) in [6.07, 6.45) is -0.325. The van der Waals surface area contributed by atoms with Crippen LogP contribution in [0, 0.1) is 0 Å². The molecule has 8 heteroatoms. The van der Waals surface area contributed by atoms with E-state index in [1.165, 1.54) is 23.8 Å². The Balaban J connectivity index is 2.79. The molecule has 0 bridgehead atoms. The lowest BCUT2D eigenvalue weighted by Crippen LogP contribution is -2.34. The average Bonchev–Trinajstić information content (AvgIpc) is 2.73. The third-order valence-electron chi connectivity index (χ3n) is 2.37. The first-order chi connectivity index (χ1) is 9.43. The number of hydrogen-bond donors (Lipinski definition) is 1. The number of aromatic nitrogens is 1. The van der Waals surface area contributed by atoms with Crippen LogP contribution in [0.15, 0.2) is 5.51 Å². The first kappa shape index (κ1) is 16.4. The number of Topliss-reactive ketones (excluding diaryl/α,β-unsaturated/α-hetero) is 1. The second-order valence-electron chi connectivity index (χ2n) is 4.11. The van der Waals surface area contributed by atoms with Gasteiger partial charge >= 0.3 is 5.97 Å². The molecule has 1 N–H and O–H groups in total. The van der Waals surface area contributed by atoms with Gasteiger partial charge in [-0.25, -0.2) is 4.98 Å². The van der Waals surface area contributed by atoms with Gasteiger partial charge in [-0.1, -0.05) is 0 Å². The van der Waals surface area contributed by atoms with Gasteiger partial charge in [-0.3, -0.25) is 14.4 Å². The van der Waals surface area contributed by atoms with Crippen molar-refractivity contribution in [3.63, 3.8) is 0 Å². The fourth-order valence-electron chi connectivity index (χ4n) is 1.60. The molecule has 1 heterocycles. The minimum absolute atomic E-state index is 0.0780. The van der Waals surface area contributed by atoms with Crippen LogP contribution in [-0.4, -0.2) is 37.1 Å². The smallest absolute Gasteiger partial charge is 0.308 e. The van der Waals surface area contributed by atoms with Crippen molar-refractivity contribution in [3.05, 3.63) is 11.2 Å². The third kappa shape index (κ3) is 5.12. The summed E-state index contributed by atoms with van der Waals surface area (Å²) in [5, 5.41) is 2.58. The van der Waals surface area contributed by atoms with Crippen molar-refractivity contribution in [2.45, 2.75) is 32.7 Å². The molecule has 0 aromatic carbocycles. The first-order valence-corrected chi connectivity index (χ1v) is 6.95. The van der Waals surface area contributed by atoms with Gasteiger partial charge in [-0.15, -0.1) is 11.3 Å². The lowest BCUT2D eigenvalue weighted by molar-refractivity contribution is -0.143. The van der Waals surface area contributed by atoms with Gasteiger partial charge in [0.15, 0.2) is 0 Å². The van der Waals surface area contributed by atoms with Crippen molar-refractivity contribution in [3.8, 4) is 0 Å². The van der Waals surface area contributed by atoms with Crippen molar-refractivity contribution >= 4 is 41.6 Å². The van der Waals surface area contributed by atoms with Crippen LogP contribution >= 0.6 is 11.3 Å². The van der Waals surface area contributed by atoms with Gasteiger partial charge in [-0.2, -0.15) is 0 Å². The number of ether oxygens (including phenoxy) is 1. The average molecular weight is 294 g/mol. The number of esters is 1. The van der Waals surface area contributed by atoms with Gasteiger partial charge in [0.2, 0.25) is 5.91 Å². The number of rotatable bonds is 7. The Morgan fingerprint density at radius 3 is 2.70 bits per heavy atom. The molecule has 1 atom stereocenters. The zero-order valence-electron chi connectivity index (χ0n) is 11.3. The number of nitrogens with one attached hydrogen (secondary N) is 1. The van der Waals surface area contributed by atoms with E-state index in [0.717, 1.165) is 0 Å². The zero-order valence-corrected chi connectivity index (χ0v) is 12.2. The fraction of sp³-hybridized carbons (Fsp3) is 0.500. The summed E-state index contributed by atoms with van der Waals surface area (Å²) in [6, 6.07) is -0.688. The van der Waals surface area contributed by atoms with Crippen molar-refractivity contribution < 1.29 is 19.1 Å². The van der Waals surface area contributed by atoms with Crippen molar-refractivity contribution in [1.29, 1.82) is 0 Å². The predicted octanol–water partition coefficient (Wildman–Crippen LogP) is 0.0265. The van der Waals surface area contributed by atoms with Gasteiger partial charge in [-0.05, 0) is 18.6 Å². The van der Waals surface area contributed by atoms with Crippen LogP contribution in [0.5, 0.6) is 0 Å². The number of carbonyl (C=O) groups excluding carboxylic acids is 3. The monoisotopic (exact) mass is 294 g/mol. The molecular weight excluding hydrogens is 279 g/mol. The predicted molar refractivity (Wildman–Crippen MR) is 74.9 cm³/mol. The molecular formula is C12H15BN2O4S. The molecule has 20 heavy (non-hydrogen) atoms. The third-order valence-corrected chi connectivity index (χ3v) is 3.05. The molecule has 2 radical (unpaired) electrons. The van der Waals surface area contributed by atoms with E-state index >= 15 is 0 Å². The second-order valence-corrected chi connectivity index (χ2v) is 5.00. The molecule has 0 aliphatic heterocycles. The van der Waals surface area contributed by atoms with Gasteiger partial charge in [0, 0.05) is 0 Å². The minimum atomic E-state index is -0.688. The summed E-state index contributed by atoms with van der Waals surface area (Å²) in [4.78, 5) is 38.2. The van der Waals surface area contributed by atoms with E-state index in [2.05, 4.69) is 10.3 Å². The summed E-state index contributed by atoms with van der Waals surface area (Å²) in [5.74, 6) is -1.20. The van der Waals surface area contributed by atoms with Crippen LogP contribution in [0.25, 0.3) is 0 Å². The number of amides is 1. The van der Waals surface area contributed by atoms with Gasteiger partial charge in [0.25, 0.3) is 0 Å². The molecule has 1 aromatic rings. The Labute approximate surface area is 122 Å². The highest BCUT2D eigenvalue weighted by molar-refractivity contribution is 7.18.